The van der Waals surface area contributed by atoms with Crippen molar-refractivity contribution in [2.24, 2.45) is 0 Å². The molecule has 1 aliphatic rings. The number of methoxy groups -OCH3 is 1. The van der Waals surface area contributed by atoms with Gasteiger partial charge in [0.2, 0.25) is 5.91 Å². The van der Waals surface area contributed by atoms with Gasteiger partial charge in [0, 0.05) is 32.1 Å². The number of hydrogen-bond acceptors (Lipinski definition) is 3. The number of rotatable bonds is 7. The summed E-state index contributed by atoms with van der Waals surface area (Å²) >= 11 is 0. The fraction of sp³-hybridized carbons (Fsp3) is 0.350. The highest BCUT2D eigenvalue weighted by atomic mass is 19.1. The molecule has 2 aromatic rings. The van der Waals surface area contributed by atoms with Crippen molar-refractivity contribution in [1.82, 2.24) is 10.2 Å². The van der Waals surface area contributed by atoms with Crippen molar-refractivity contribution in [2.45, 2.75) is 25.4 Å². The van der Waals surface area contributed by atoms with E-state index in [1.165, 1.54) is 17.7 Å². The molecular formula is C20H23FN2O2. The van der Waals surface area contributed by atoms with Crippen molar-refractivity contribution < 1.29 is 13.9 Å². The number of amides is 1. The number of nitrogens with zero attached hydrogens (tertiary/aromatic N) is 1. The van der Waals surface area contributed by atoms with Crippen LogP contribution >= 0.6 is 0 Å². The zero-order chi connectivity index (χ0) is 17.6. The summed E-state index contributed by atoms with van der Waals surface area (Å²) < 4.78 is 18.4. The standard InChI is InChI=1S/C20H23FN2O2/c1-25-19-7-5-15(6-8-19)9-10-23-14-18(12-20(23)24)22-13-16-3-2-4-17(21)11-16/h2-8,11,18,22H,9-10,12-14H2,1H3/t18-/m1/s1. The van der Waals surface area contributed by atoms with Crippen LogP contribution < -0.4 is 10.1 Å². The molecule has 1 aliphatic heterocycles. The molecule has 1 amide bonds. The molecule has 0 bridgehead atoms. The molecule has 1 saturated heterocycles. The first kappa shape index (κ1) is 17.4. The predicted octanol–water partition coefficient (Wildman–Crippen LogP) is 2.77. The van der Waals surface area contributed by atoms with Gasteiger partial charge in [0.1, 0.15) is 11.6 Å². The first-order valence-electron chi connectivity index (χ1n) is 8.52. The molecule has 25 heavy (non-hydrogen) atoms. The lowest BCUT2D eigenvalue weighted by Crippen LogP contribution is -2.33. The van der Waals surface area contributed by atoms with Crippen molar-refractivity contribution in [3.05, 3.63) is 65.5 Å². The number of nitrogens with one attached hydrogen (secondary N) is 1. The molecule has 0 radical (unpaired) electrons. The SMILES string of the molecule is COc1ccc(CCN2C[C@H](NCc3cccc(F)c3)CC2=O)cc1. The summed E-state index contributed by atoms with van der Waals surface area (Å²) in [6.07, 6.45) is 1.32. The minimum atomic E-state index is -0.233. The van der Waals surface area contributed by atoms with E-state index in [0.29, 0.717) is 26.1 Å². The van der Waals surface area contributed by atoms with Gasteiger partial charge in [-0.2, -0.15) is 0 Å². The Morgan fingerprint density at radius 3 is 2.72 bits per heavy atom. The molecule has 132 valence electrons. The van der Waals surface area contributed by atoms with Gasteiger partial charge in [-0.05, 0) is 41.8 Å². The van der Waals surface area contributed by atoms with E-state index in [2.05, 4.69) is 5.32 Å². The van der Waals surface area contributed by atoms with E-state index in [9.17, 15) is 9.18 Å². The summed E-state index contributed by atoms with van der Waals surface area (Å²) in [4.78, 5) is 14.1. The first-order chi connectivity index (χ1) is 12.1. The highest BCUT2D eigenvalue weighted by Gasteiger charge is 2.28. The quantitative estimate of drug-likeness (QED) is 0.841. The molecule has 1 heterocycles. The topological polar surface area (TPSA) is 41.6 Å². The lowest BCUT2D eigenvalue weighted by atomic mass is 10.1. The number of carbonyl (C=O) groups excluding carboxylic acids is 1. The zero-order valence-corrected chi connectivity index (χ0v) is 14.4. The normalized spacial score (nSPS) is 17.1. The molecule has 2 aromatic carbocycles. The third-order valence-electron chi connectivity index (χ3n) is 4.53. The summed E-state index contributed by atoms with van der Waals surface area (Å²) in [6.45, 7) is 1.98. The van der Waals surface area contributed by atoms with Gasteiger partial charge in [-0.1, -0.05) is 24.3 Å². The smallest absolute Gasteiger partial charge is 0.224 e. The number of ether oxygens (including phenoxy) is 1. The van der Waals surface area contributed by atoms with Crippen LogP contribution in [0.1, 0.15) is 17.5 Å². The largest absolute Gasteiger partial charge is 0.497 e. The molecule has 0 aromatic heterocycles. The predicted molar refractivity (Wildman–Crippen MR) is 94.9 cm³/mol. The molecule has 0 saturated carbocycles. The van der Waals surface area contributed by atoms with Gasteiger partial charge in [-0.3, -0.25) is 4.79 Å². The van der Waals surface area contributed by atoms with Crippen molar-refractivity contribution in [3.63, 3.8) is 0 Å². The Kier molecular flexibility index (Phi) is 5.66. The minimum absolute atomic E-state index is 0.117. The zero-order valence-electron chi connectivity index (χ0n) is 14.4. The van der Waals surface area contributed by atoms with E-state index in [1.807, 2.05) is 35.2 Å². The monoisotopic (exact) mass is 342 g/mol. The average molecular weight is 342 g/mol. The first-order valence-corrected chi connectivity index (χ1v) is 8.52. The second kappa shape index (κ2) is 8.12. The molecular weight excluding hydrogens is 319 g/mol. The lowest BCUT2D eigenvalue weighted by molar-refractivity contribution is -0.127. The van der Waals surface area contributed by atoms with Crippen molar-refractivity contribution >= 4 is 5.91 Å². The van der Waals surface area contributed by atoms with Crippen LogP contribution in [0.4, 0.5) is 4.39 Å². The second-order valence-corrected chi connectivity index (χ2v) is 6.35. The van der Waals surface area contributed by atoms with Gasteiger partial charge in [0.15, 0.2) is 0 Å². The molecule has 0 spiro atoms. The lowest BCUT2D eigenvalue weighted by Gasteiger charge is -2.17. The van der Waals surface area contributed by atoms with Crippen LogP contribution in [0.5, 0.6) is 5.75 Å². The Hall–Kier alpha value is -2.40. The van der Waals surface area contributed by atoms with Crippen LogP contribution in [0.2, 0.25) is 0 Å². The Bertz CT molecular complexity index is 718. The van der Waals surface area contributed by atoms with Gasteiger partial charge in [-0.25, -0.2) is 4.39 Å². The molecule has 5 heteroatoms. The molecule has 4 nitrogen and oxygen atoms in total. The minimum Gasteiger partial charge on any atom is -0.497 e. The summed E-state index contributed by atoms with van der Waals surface area (Å²) in [7, 11) is 1.65. The molecule has 0 unspecified atom stereocenters. The maximum atomic E-state index is 13.2. The number of halogens is 1. The van der Waals surface area contributed by atoms with Gasteiger partial charge in [0.25, 0.3) is 0 Å². The number of carbonyl (C=O) groups is 1. The van der Waals surface area contributed by atoms with Gasteiger partial charge < -0.3 is 15.0 Å². The van der Waals surface area contributed by atoms with E-state index in [-0.39, 0.29) is 17.8 Å². The van der Waals surface area contributed by atoms with Crippen molar-refractivity contribution in [1.29, 1.82) is 0 Å². The Morgan fingerprint density at radius 2 is 2.00 bits per heavy atom. The summed E-state index contributed by atoms with van der Waals surface area (Å²) in [6, 6.07) is 14.6. The van der Waals surface area contributed by atoms with Crippen LogP contribution in [-0.4, -0.2) is 37.0 Å². The summed E-state index contributed by atoms with van der Waals surface area (Å²) in [5, 5.41) is 3.35. The molecule has 1 fully saturated rings. The van der Waals surface area contributed by atoms with Crippen LogP contribution in [0, 0.1) is 5.82 Å². The van der Waals surface area contributed by atoms with E-state index in [4.69, 9.17) is 4.74 Å². The maximum Gasteiger partial charge on any atom is 0.224 e. The number of likely N-dealkylation sites (tertiary alicyclic amines) is 1. The Morgan fingerprint density at radius 1 is 1.20 bits per heavy atom. The van der Waals surface area contributed by atoms with E-state index < -0.39 is 0 Å². The van der Waals surface area contributed by atoms with Gasteiger partial charge in [-0.15, -0.1) is 0 Å². The summed E-state index contributed by atoms with van der Waals surface area (Å²) in [5.41, 5.74) is 2.08. The Labute approximate surface area is 147 Å². The second-order valence-electron chi connectivity index (χ2n) is 6.35. The van der Waals surface area contributed by atoms with Gasteiger partial charge in [0.05, 0.1) is 7.11 Å². The Balaban J connectivity index is 1.46. The third-order valence-corrected chi connectivity index (χ3v) is 4.53. The molecule has 0 aliphatic carbocycles. The fourth-order valence-corrected chi connectivity index (χ4v) is 3.09. The van der Waals surface area contributed by atoms with E-state index in [0.717, 1.165) is 17.7 Å². The molecule has 1 N–H and O–H groups in total. The van der Waals surface area contributed by atoms with Crippen molar-refractivity contribution in [2.75, 3.05) is 20.2 Å². The van der Waals surface area contributed by atoms with Crippen LogP contribution in [-0.2, 0) is 17.8 Å². The molecule has 1 atom stereocenters. The number of benzene rings is 2. The fourth-order valence-electron chi connectivity index (χ4n) is 3.09. The maximum absolute atomic E-state index is 13.2. The number of hydrogen-bond donors (Lipinski definition) is 1. The van der Waals surface area contributed by atoms with E-state index in [1.54, 1.807) is 13.2 Å². The van der Waals surface area contributed by atoms with Crippen LogP contribution in [0.25, 0.3) is 0 Å². The highest BCUT2D eigenvalue weighted by Crippen LogP contribution is 2.15. The highest BCUT2D eigenvalue weighted by molar-refractivity contribution is 5.79. The summed E-state index contributed by atoms with van der Waals surface area (Å²) in [5.74, 6) is 0.774. The average Bonchev–Trinajstić information content (AvgIpc) is 2.98. The van der Waals surface area contributed by atoms with Crippen LogP contribution in [0.3, 0.4) is 0 Å². The van der Waals surface area contributed by atoms with E-state index >= 15 is 0 Å². The molecule has 3 rings (SSSR count). The van der Waals surface area contributed by atoms with Crippen LogP contribution in [0.15, 0.2) is 48.5 Å². The third kappa shape index (κ3) is 4.79. The van der Waals surface area contributed by atoms with Gasteiger partial charge >= 0.3 is 0 Å². The van der Waals surface area contributed by atoms with Crippen molar-refractivity contribution in [3.8, 4) is 5.75 Å².